The lowest BCUT2D eigenvalue weighted by molar-refractivity contribution is -0.127. The third-order valence-corrected chi connectivity index (χ3v) is 4.30. The van der Waals surface area contributed by atoms with Crippen molar-refractivity contribution in [1.82, 2.24) is 10.6 Å². The molecule has 0 bridgehead atoms. The van der Waals surface area contributed by atoms with E-state index in [2.05, 4.69) is 10.6 Å². The molecule has 1 aromatic carbocycles. The summed E-state index contributed by atoms with van der Waals surface area (Å²) in [6.45, 7) is 5.94. The molecule has 0 spiro atoms. The Morgan fingerprint density at radius 1 is 1.38 bits per heavy atom. The lowest BCUT2D eigenvalue weighted by Gasteiger charge is -2.17. The van der Waals surface area contributed by atoms with Crippen LogP contribution in [0.1, 0.15) is 25.8 Å². The molecule has 0 aliphatic rings. The number of halogens is 1. The molecule has 1 rings (SSSR count). The van der Waals surface area contributed by atoms with E-state index in [1.54, 1.807) is 0 Å². The molecule has 116 valence electrons. The van der Waals surface area contributed by atoms with Crippen LogP contribution in [0.2, 0.25) is 5.02 Å². The van der Waals surface area contributed by atoms with E-state index in [-0.39, 0.29) is 11.8 Å². The smallest absolute Gasteiger partial charge is 0.243 e. The van der Waals surface area contributed by atoms with Crippen LogP contribution < -0.4 is 10.6 Å². The Balaban J connectivity index is 2.65. The van der Waals surface area contributed by atoms with Crippen LogP contribution in [0.3, 0.4) is 0 Å². The second-order valence-corrected chi connectivity index (χ2v) is 6.27. The predicted molar refractivity (Wildman–Crippen MR) is 87.8 cm³/mol. The van der Waals surface area contributed by atoms with Gasteiger partial charge in [-0.2, -0.15) is 0 Å². The average molecular weight is 329 g/mol. The second kappa shape index (κ2) is 8.95. The quantitative estimate of drug-likeness (QED) is 0.757. The number of thioether (sulfide) groups is 1. The number of hydrogen-bond acceptors (Lipinski definition) is 3. The van der Waals surface area contributed by atoms with Crippen LogP contribution in [0.25, 0.3) is 0 Å². The highest BCUT2D eigenvalue weighted by Crippen LogP contribution is 2.25. The molecule has 1 unspecified atom stereocenters. The van der Waals surface area contributed by atoms with E-state index >= 15 is 0 Å². The van der Waals surface area contributed by atoms with E-state index in [9.17, 15) is 9.59 Å². The second-order valence-electron chi connectivity index (χ2n) is 4.77. The minimum Gasteiger partial charge on any atom is -0.354 e. The number of nitrogens with one attached hydrogen (secondary N) is 2. The Labute approximate surface area is 135 Å². The molecule has 0 saturated heterocycles. The van der Waals surface area contributed by atoms with Gasteiger partial charge in [-0.25, -0.2) is 0 Å². The van der Waals surface area contributed by atoms with Crippen molar-refractivity contribution in [1.29, 1.82) is 0 Å². The van der Waals surface area contributed by atoms with Gasteiger partial charge in [-0.05, 0) is 31.0 Å². The maximum Gasteiger partial charge on any atom is 0.243 e. The summed E-state index contributed by atoms with van der Waals surface area (Å²) in [5, 5.41) is 6.18. The van der Waals surface area contributed by atoms with Crippen LogP contribution >= 0.6 is 23.4 Å². The van der Waals surface area contributed by atoms with E-state index in [0.717, 1.165) is 16.9 Å². The van der Waals surface area contributed by atoms with Crippen LogP contribution in [0.4, 0.5) is 0 Å². The molecule has 0 aliphatic heterocycles. The summed E-state index contributed by atoms with van der Waals surface area (Å²) in [7, 11) is 0. The fourth-order valence-corrected chi connectivity index (χ4v) is 2.85. The highest BCUT2D eigenvalue weighted by atomic mass is 35.5. The largest absolute Gasteiger partial charge is 0.354 e. The Hall–Kier alpha value is -1.20. The number of carbonyl (C=O) groups excluding carboxylic acids is 2. The molecule has 0 fully saturated rings. The molecule has 0 radical (unpaired) electrons. The average Bonchev–Trinajstić information content (AvgIpc) is 2.44. The number of rotatable bonds is 7. The zero-order chi connectivity index (χ0) is 15.8. The molecule has 2 amide bonds. The highest BCUT2D eigenvalue weighted by Gasteiger charge is 2.19. The van der Waals surface area contributed by atoms with E-state index in [1.807, 2.05) is 32.0 Å². The minimum atomic E-state index is -0.542. The molecular formula is C15H21ClN2O2S. The molecule has 0 heterocycles. The summed E-state index contributed by atoms with van der Waals surface area (Å²) in [5.41, 5.74) is 1.01. The first-order chi connectivity index (χ1) is 9.93. The zero-order valence-corrected chi connectivity index (χ0v) is 14.1. The van der Waals surface area contributed by atoms with Gasteiger partial charge in [-0.1, -0.05) is 24.6 Å². The summed E-state index contributed by atoms with van der Waals surface area (Å²) in [6.07, 6.45) is 0.860. The van der Waals surface area contributed by atoms with Crippen molar-refractivity contribution in [3.05, 3.63) is 28.8 Å². The van der Waals surface area contributed by atoms with Gasteiger partial charge in [0.05, 0.1) is 0 Å². The Bertz CT molecular complexity index is 508. The van der Waals surface area contributed by atoms with Crippen LogP contribution in [-0.4, -0.2) is 30.2 Å². The molecule has 4 nitrogen and oxygen atoms in total. The van der Waals surface area contributed by atoms with E-state index in [0.29, 0.717) is 17.3 Å². The van der Waals surface area contributed by atoms with Crippen LogP contribution in [0.15, 0.2) is 23.1 Å². The molecule has 6 heteroatoms. The topological polar surface area (TPSA) is 58.2 Å². The van der Waals surface area contributed by atoms with Crippen molar-refractivity contribution in [2.45, 2.75) is 38.1 Å². The first-order valence-electron chi connectivity index (χ1n) is 6.87. The van der Waals surface area contributed by atoms with Gasteiger partial charge in [-0.3, -0.25) is 9.59 Å². The first kappa shape index (κ1) is 17.9. The van der Waals surface area contributed by atoms with Crippen molar-refractivity contribution >= 4 is 35.2 Å². The maximum atomic E-state index is 12.0. The Morgan fingerprint density at radius 3 is 2.67 bits per heavy atom. The molecule has 0 saturated carbocycles. The fourth-order valence-electron chi connectivity index (χ4n) is 1.64. The van der Waals surface area contributed by atoms with Crippen molar-refractivity contribution in [2.75, 3.05) is 12.3 Å². The molecular weight excluding hydrogens is 308 g/mol. The zero-order valence-electron chi connectivity index (χ0n) is 12.5. The third-order valence-electron chi connectivity index (χ3n) is 2.80. The number of benzene rings is 1. The van der Waals surface area contributed by atoms with E-state index < -0.39 is 6.04 Å². The van der Waals surface area contributed by atoms with Crippen LogP contribution in [0.5, 0.6) is 0 Å². The summed E-state index contributed by atoms with van der Waals surface area (Å²) in [6, 6.07) is 5.23. The summed E-state index contributed by atoms with van der Waals surface area (Å²) < 4.78 is 0. The fraction of sp³-hybridized carbons (Fsp3) is 0.467. The molecule has 0 aliphatic carbocycles. The van der Waals surface area contributed by atoms with Gasteiger partial charge < -0.3 is 10.6 Å². The van der Waals surface area contributed by atoms with Crippen LogP contribution in [0, 0.1) is 6.92 Å². The van der Waals surface area contributed by atoms with Crippen molar-refractivity contribution in [3.63, 3.8) is 0 Å². The predicted octanol–water partition coefficient (Wildman–Crippen LogP) is 2.77. The Morgan fingerprint density at radius 2 is 2.10 bits per heavy atom. The lowest BCUT2D eigenvalue weighted by Crippen LogP contribution is -2.47. The summed E-state index contributed by atoms with van der Waals surface area (Å²) in [5.74, 6) is 0.0982. The van der Waals surface area contributed by atoms with Gasteiger partial charge >= 0.3 is 0 Å². The highest BCUT2D eigenvalue weighted by molar-refractivity contribution is 7.99. The molecule has 1 aromatic rings. The minimum absolute atomic E-state index is 0.155. The van der Waals surface area contributed by atoms with Crippen molar-refractivity contribution in [2.24, 2.45) is 0 Å². The number of carbonyl (C=O) groups is 2. The van der Waals surface area contributed by atoms with Gasteiger partial charge in [0.1, 0.15) is 6.04 Å². The third kappa shape index (κ3) is 6.40. The van der Waals surface area contributed by atoms with Gasteiger partial charge in [-0.15, -0.1) is 11.8 Å². The number of aryl methyl sites for hydroxylation is 1. The summed E-state index contributed by atoms with van der Waals surface area (Å²) in [4.78, 5) is 24.2. The van der Waals surface area contributed by atoms with E-state index in [1.165, 1.54) is 18.7 Å². The van der Waals surface area contributed by atoms with Crippen LogP contribution in [-0.2, 0) is 9.59 Å². The first-order valence-corrected chi connectivity index (χ1v) is 8.24. The molecule has 1 atom stereocenters. The standard InChI is InChI=1S/C15H21ClN2O2S/c1-4-7-17-15(20)14(18-11(3)19)9-21-12-6-5-10(2)13(16)8-12/h5-6,8,14H,4,7,9H2,1-3H3,(H,17,20)(H,18,19). The maximum absolute atomic E-state index is 12.0. The number of amides is 2. The van der Waals surface area contributed by atoms with Crippen molar-refractivity contribution in [3.8, 4) is 0 Å². The molecule has 21 heavy (non-hydrogen) atoms. The van der Waals surface area contributed by atoms with Gasteiger partial charge in [0.15, 0.2) is 0 Å². The van der Waals surface area contributed by atoms with Gasteiger partial charge in [0.2, 0.25) is 11.8 Å². The lowest BCUT2D eigenvalue weighted by atomic mass is 10.2. The van der Waals surface area contributed by atoms with E-state index in [4.69, 9.17) is 11.6 Å². The monoisotopic (exact) mass is 328 g/mol. The Kier molecular flexibility index (Phi) is 7.61. The van der Waals surface area contributed by atoms with Gasteiger partial charge in [0.25, 0.3) is 0 Å². The van der Waals surface area contributed by atoms with Crippen molar-refractivity contribution < 1.29 is 9.59 Å². The SMILES string of the molecule is CCCNC(=O)C(CSc1ccc(C)c(Cl)c1)NC(C)=O. The van der Waals surface area contributed by atoms with Gasteiger partial charge in [0, 0.05) is 29.1 Å². The molecule has 0 aromatic heterocycles. The number of hydrogen-bond donors (Lipinski definition) is 2. The normalized spacial score (nSPS) is 11.8. The molecule has 2 N–H and O–H groups in total. The summed E-state index contributed by atoms with van der Waals surface area (Å²) >= 11 is 7.58.